The van der Waals surface area contributed by atoms with Gasteiger partial charge >= 0.3 is 5.97 Å². The Morgan fingerprint density at radius 1 is 1.05 bits per heavy atom. The van der Waals surface area contributed by atoms with Crippen molar-refractivity contribution in [2.24, 2.45) is 5.73 Å². The summed E-state index contributed by atoms with van der Waals surface area (Å²) in [5.41, 5.74) is 5.13. The smallest absolute Gasteiger partial charge is 0.320 e. The molecule has 0 saturated heterocycles. The van der Waals surface area contributed by atoms with Crippen LogP contribution >= 0.6 is 0 Å². The van der Waals surface area contributed by atoms with E-state index in [-0.39, 0.29) is 0 Å². The number of carboxylic acids is 1. The topological polar surface area (TPSA) is 253 Å². The second kappa shape index (κ2) is 18.4. The Labute approximate surface area is 110 Å². The van der Waals surface area contributed by atoms with E-state index in [0.29, 0.717) is 6.42 Å². The molecule has 0 aromatic carbocycles. The second-order valence-corrected chi connectivity index (χ2v) is 2.45. The minimum absolute atomic E-state index is 0.565. The summed E-state index contributed by atoms with van der Waals surface area (Å²) in [6.45, 7) is 1.91. The fourth-order valence-electron chi connectivity index (χ4n) is 0.434. The molecule has 0 aliphatic carbocycles. The van der Waals surface area contributed by atoms with E-state index >= 15 is 0 Å². The van der Waals surface area contributed by atoms with Crippen molar-refractivity contribution in [2.45, 2.75) is 25.8 Å². The average Bonchev–Trinajstić information content (AvgIpc) is 2.14. The third-order valence-electron chi connectivity index (χ3n) is 0.917. The number of carboxylic acid groups (broad SMARTS) is 1. The maximum Gasteiger partial charge on any atom is 0.320 e. The van der Waals surface area contributed by atoms with Crippen LogP contribution in [-0.4, -0.2) is 48.0 Å². The summed E-state index contributed by atoms with van der Waals surface area (Å²) >= 11 is 0. The lowest BCUT2D eigenvalue weighted by Crippen LogP contribution is -2.29. The molecule has 120 valence electrons. The van der Waals surface area contributed by atoms with Crippen molar-refractivity contribution in [3.05, 3.63) is 30.3 Å². The quantitative estimate of drug-likeness (QED) is 0.315. The van der Waals surface area contributed by atoms with Crippen LogP contribution in [-0.2, 0) is 4.79 Å². The van der Waals surface area contributed by atoms with Crippen LogP contribution in [0, 0.1) is 30.3 Å². The third-order valence-corrected chi connectivity index (χ3v) is 0.917. The van der Waals surface area contributed by atoms with Crippen molar-refractivity contribution < 1.29 is 40.8 Å². The first kappa shape index (κ1) is 25.8. The van der Waals surface area contributed by atoms with Crippen molar-refractivity contribution in [2.75, 3.05) is 0 Å². The molecule has 0 amide bonds. The highest BCUT2D eigenvalue weighted by molar-refractivity contribution is 5.72. The van der Waals surface area contributed by atoms with Crippen LogP contribution in [0.4, 0.5) is 0 Å². The van der Waals surface area contributed by atoms with Gasteiger partial charge in [-0.25, -0.2) is 0 Å². The lowest BCUT2D eigenvalue weighted by Gasteiger charge is -2.00. The van der Waals surface area contributed by atoms with Gasteiger partial charge in [0.05, 0.1) is 0 Å². The minimum atomic E-state index is -1.50. The number of nitrogens with two attached hydrogens (primary N) is 1. The molecule has 0 fully saturated rings. The molecular formula is C5H14N4O11. The predicted octanol–water partition coefficient (Wildman–Crippen LogP) is -0.845. The summed E-state index contributed by atoms with van der Waals surface area (Å²) in [7, 11) is 0. The van der Waals surface area contributed by atoms with Gasteiger partial charge in [0.1, 0.15) is 6.04 Å². The van der Waals surface area contributed by atoms with Crippen LogP contribution < -0.4 is 5.73 Å². The highest BCUT2D eigenvalue weighted by Gasteiger charge is 2.07. The van der Waals surface area contributed by atoms with Gasteiger partial charge in [-0.15, -0.1) is 30.3 Å². The Kier molecular flexibility index (Phi) is 23.7. The average molecular weight is 306 g/mol. The molecule has 0 aromatic rings. The maximum atomic E-state index is 9.96. The first-order valence-electron chi connectivity index (χ1n) is 4.36. The summed E-state index contributed by atoms with van der Waals surface area (Å²) in [4.78, 5) is 35.0. The molecule has 0 aliphatic heterocycles. The van der Waals surface area contributed by atoms with E-state index in [0.717, 1.165) is 6.42 Å². The van der Waals surface area contributed by atoms with Crippen LogP contribution in [0.5, 0.6) is 0 Å². The Balaban J connectivity index is -0.0000000917. The van der Waals surface area contributed by atoms with Crippen LogP contribution in [0.1, 0.15) is 19.8 Å². The van der Waals surface area contributed by atoms with Crippen molar-refractivity contribution in [1.29, 1.82) is 0 Å². The minimum Gasteiger partial charge on any atom is -0.480 e. The molecule has 0 rings (SSSR count). The number of carbonyl (C=O) groups is 1. The van der Waals surface area contributed by atoms with Gasteiger partial charge in [0.15, 0.2) is 0 Å². The van der Waals surface area contributed by atoms with Crippen molar-refractivity contribution in [3.63, 3.8) is 0 Å². The summed E-state index contributed by atoms with van der Waals surface area (Å²) in [6.07, 6.45) is 1.39. The number of rotatable bonds is 3. The molecule has 0 aromatic heterocycles. The molecule has 15 nitrogen and oxygen atoms in total. The van der Waals surface area contributed by atoms with E-state index in [1.165, 1.54) is 0 Å². The van der Waals surface area contributed by atoms with Crippen LogP contribution in [0.15, 0.2) is 0 Å². The fraction of sp³-hybridized carbons (Fsp3) is 0.800. The molecule has 1 atom stereocenters. The molecule has 0 bridgehead atoms. The lowest BCUT2D eigenvalue weighted by molar-refractivity contribution is -0.742. The maximum absolute atomic E-state index is 9.96. The predicted molar refractivity (Wildman–Crippen MR) is 56.9 cm³/mol. The molecule has 6 N–H and O–H groups in total. The molecule has 0 spiro atoms. The SMILES string of the molecule is CCC[C@H](N)C(=O)O.O=[N+]([O-])O.O=[N+]([O-])O.O=[N+]([O-])O. The fourth-order valence-corrected chi connectivity index (χ4v) is 0.434. The first-order chi connectivity index (χ1) is 8.88. The Hall–Kier alpha value is -2.97. The Morgan fingerprint density at radius 3 is 1.30 bits per heavy atom. The van der Waals surface area contributed by atoms with E-state index in [9.17, 15) is 4.79 Å². The number of aliphatic carboxylic acids is 1. The van der Waals surface area contributed by atoms with Gasteiger partial charge in [0.25, 0.3) is 15.3 Å². The first-order valence-corrected chi connectivity index (χ1v) is 4.36. The highest BCUT2D eigenvalue weighted by atomic mass is 16.9. The van der Waals surface area contributed by atoms with E-state index in [4.69, 9.17) is 56.8 Å². The molecule has 15 heteroatoms. The molecule has 0 unspecified atom stereocenters. The molecule has 0 radical (unpaired) electrons. The Bertz CT molecular complexity index is 254. The van der Waals surface area contributed by atoms with E-state index in [1.54, 1.807) is 0 Å². The summed E-state index contributed by atoms with van der Waals surface area (Å²) in [5.74, 6) is -0.910. The lowest BCUT2D eigenvalue weighted by atomic mass is 10.2. The summed E-state index contributed by atoms with van der Waals surface area (Å²) in [6, 6.07) is -0.667. The van der Waals surface area contributed by atoms with E-state index in [1.807, 2.05) is 6.92 Å². The van der Waals surface area contributed by atoms with Crippen molar-refractivity contribution >= 4 is 5.97 Å². The van der Waals surface area contributed by atoms with E-state index in [2.05, 4.69) is 0 Å². The zero-order chi connectivity index (χ0) is 17.3. The zero-order valence-corrected chi connectivity index (χ0v) is 10.1. The number of hydrogen-bond acceptors (Lipinski definition) is 8. The third kappa shape index (κ3) is 182. The number of hydrogen-bond donors (Lipinski definition) is 5. The molecule has 0 heterocycles. The molecular weight excluding hydrogens is 292 g/mol. The van der Waals surface area contributed by atoms with Gasteiger partial charge in [-0.3, -0.25) is 4.79 Å². The van der Waals surface area contributed by atoms with Crippen LogP contribution in [0.2, 0.25) is 0 Å². The van der Waals surface area contributed by atoms with Crippen molar-refractivity contribution in [3.8, 4) is 0 Å². The highest BCUT2D eigenvalue weighted by Crippen LogP contribution is 1.91. The van der Waals surface area contributed by atoms with Gasteiger partial charge < -0.3 is 26.5 Å². The monoisotopic (exact) mass is 306 g/mol. The van der Waals surface area contributed by atoms with Gasteiger partial charge in [0, 0.05) is 0 Å². The van der Waals surface area contributed by atoms with Gasteiger partial charge in [0.2, 0.25) is 0 Å². The standard InChI is InChI=1S/C5H11NO2.3HNO3/c1-2-3-4(6)5(7)8;3*2-1(3)4/h4H,2-3,6H2,1H3,(H,7,8);3*(H,2,3,4)/t4-;;;/m0.../s1. The van der Waals surface area contributed by atoms with Crippen molar-refractivity contribution in [1.82, 2.24) is 0 Å². The van der Waals surface area contributed by atoms with Gasteiger partial charge in [-0.05, 0) is 6.42 Å². The normalized spacial score (nSPS) is 8.90. The van der Waals surface area contributed by atoms with Crippen LogP contribution in [0.25, 0.3) is 0 Å². The van der Waals surface area contributed by atoms with Gasteiger partial charge in [-0.2, -0.15) is 0 Å². The molecule has 20 heavy (non-hydrogen) atoms. The molecule has 0 saturated carbocycles. The second-order valence-electron chi connectivity index (χ2n) is 2.45. The molecule has 0 aliphatic rings. The summed E-state index contributed by atoms with van der Waals surface area (Å²) < 4.78 is 0. The summed E-state index contributed by atoms with van der Waals surface area (Å²) in [5, 5.41) is 49.1. The zero-order valence-electron chi connectivity index (χ0n) is 10.1. The van der Waals surface area contributed by atoms with E-state index < -0.39 is 27.3 Å². The van der Waals surface area contributed by atoms with Gasteiger partial charge in [-0.1, -0.05) is 13.3 Å². The van der Waals surface area contributed by atoms with Crippen LogP contribution in [0.3, 0.4) is 0 Å². The number of nitrogens with zero attached hydrogens (tertiary/aromatic N) is 3. The largest absolute Gasteiger partial charge is 0.480 e. The Morgan fingerprint density at radius 2 is 1.25 bits per heavy atom.